The van der Waals surface area contributed by atoms with Crippen LogP contribution in [0.1, 0.15) is 18.5 Å². The first kappa shape index (κ1) is 16.3. The van der Waals surface area contributed by atoms with Crippen LogP contribution >= 0.6 is 11.3 Å². The number of methoxy groups -OCH3 is 2. The summed E-state index contributed by atoms with van der Waals surface area (Å²) in [6.45, 7) is 2.13. The topological polar surface area (TPSA) is 43.4 Å². The normalized spacial score (nSPS) is 11.8. The molecular formula is C19H20N2O2S. The number of nitrogens with one attached hydrogen (secondary N) is 1. The Morgan fingerprint density at radius 3 is 2.46 bits per heavy atom. The van der Waals surface area contributed by atoms with Gasteiger partial charge in [-0.05, 0) is 30.7 Å². The Kier molecular flexibility index (Phi) is 5.01. The number of hydrogen-bond donors (Lipinski definition) is 1. The molecule has 0 aliphatic heterocycles. The van der Waals surface area contributed by atoms with E-state index in [1.54, 1.807) is 25.6 Å². The monoisotopic (exact) mass is 340 g/mol. The van der Waals surface area contributed by atoms with E-state index >= 15 is 0 Å². The molecule has 3 rings (SSSR count). The van der Waals surface area contributed by atoms with Crippen LogP contribution in [0.15, 0.2) is 53.9 Å². The Bertz CT molecular complexity index is 802. The fraction of sp³-hybridized carbons (Fsp3) is 0.211. The number of thiazole rings is 1. The van der Waals surface area contributed by atoms with Crippen molar-refractivity contribution in [3.63, 3.8) is 0 Å². The van der Waals surface area contributed by atoms with Gasteiger partial charge in [0.2, 0.25) is 0 Å². The smallest absolute Gasteiger partial charge is 0.183 e. The molecule has 1 heterocycles. The number of benzene rings is 2. The highest BCUT2D eigenvalue weighted by Gasteiger charge is 2.11. The number of aromatic nitrogens is 1. The van der Waals surface area contributed by atoms with Gasteiger partial charge in [-0.1, -0.05) is 30.3 Å². The van der Waals surface area contributed by atoms with Crippen LogP contribution in [-0.2, 0) is 0 Å². The van der Waals surface area contributed by atoms with Gasteiger partial charge in [-0.2, -0.15) is 0 Å². The van der Waals surface area contributed by atoms with Crippen molar-refractivity contribution in [3.05, 3.63) is 59.5 Å². The fourth-order valence-electron chi connectivity index (χ4n) is 2.48. The second kappa shape index (κ2) is 7.36. The summed E-state index contributed by atoms with van der Waals surface area (Å²) in [4.78, 5) is 4.69. The van der Waals surface area contributed by atoms with Gasteiger partial charge in [-0.15, -0.1) is 11.3 Å². The molecule has 0 unspecified atom stereocenters. The Hall–Kier alpha value is -2.53. The zero-order valence-electron chi connectivity index (χ0n) is 13.9. The lowest BCUT2D eigenvalue weighted by Gasteiger charge is -2.12. The van der Waals surface area contributed by atoms with Crippen LogP contribution in [0.5, 0.6) is 11.5 Å². The van der Waals surface area contributed by atoms with E-state index in [4.69, 9.17) is 9.47 Å². The van der Waals surface area contributed by atoms with Crippen molar-refractivity contribution in [3.8, 4) is 22.8 Å². The van der Waals surface area contributed by atoms with Gasteiger partial charge in [-0.3, -0.25) is 0 Å². The lowest BCUT2D eigenvalue weighted by molar-refractivity contribution is 0.355. The number of rotatable bonds is 6. The molecule has 0 fully saturated rings. The van der Waals surface area contributed by atoms with Crippen molar-refractivity contribution in [2.75, 3.05) is 19.5 Å². The van der Waals surface area contributed by atoms with Crippen molar-refractivity contribution in [1.82, 2.24) is 4.98 Å². The van der Waals surface area contributed by atoms with E-state index in [1.807, 2.05) is 41.8 Å². The maximum Gasteiger partial charge on any atom is 0.183 e. The summed E-state index contributed by atoms with van der Waals surface area (Å²) in [7, 11) is 3.27. The lowest BCUT2D eigenvalue weighted by Crippen LogP contribution is -2.05. The fourth-order valence-corrected chi connectivity index (χ4v) is 3.29. The van der Waals surface area contributed by atoms with Crippen LogP contribution in [0.25, 0.3) is 11.3 Å². The predicted molar refractivity (Wildman–Crippen MR) is 99.1 cm³/mol. The zero-order valence-corrected chi connectivity index (χ0v) is 14.8. The molecular weight excluding hydrogens is 320 g/mol. The molecule has 2 aromatic carbocycles. The summed E-state index contributed by atoms with van der Waals surface area (Å²) >= 11 is 1.60. The van der Waals surface area contributed by atoms with Gasteiger partial charge in [0, 0.05) is 10.9 Å². The molecule has 24 heavy (non-hydrogen) atoms. The molecule has 124 valence electrons. The Balaban J connectivity index is 1.78. The molecule has 5 heteroatoms. The van der Waals surface area contributed by atoms with Crippen molar-refractivity contribution in [2.45, 2.75) is 13.0 Å². The largest absolute Gasteiger partial charge is 0.493 e. The van der Waals surface area contributed by atoms with Crippen LogP contribution in [0.3, 0.4) is 0 Å². The Morgan fingerprint density at radius 1 is 1.00 bits per heavy atom. The highest BCUT2D eigenvalue weighted by atomic mass is 32.1. The van der Waals surface area contributed by atoms with Crippen LogP contribution in [0.4, 0.5) is 5.13 Å². The highest BCUT2D eigenvalue weighted by Crippen LogP contribution is 2.34. The first-order valence-corrected chi connectivity index (χ1v) is 8.58. The first-order valence-electron chi connectivity index (χ1n) is 7.70. The Morgan fingerprint density at radius 2 is 1.75 bits per heavy atom. The van der Waals surface area contributed by atoms with Gasteiger partial charge < -0.3 is 14.8 Å². The maximum absolute atomic E-state index is 5.36. The summed E-state index contributed by atoms with van der Waals surface area (Å²) < 4.78 is 10.6. The van der Waals surface area contributed by atoms with E-state index < -0.39 is 0 Å². The molecule has 4 nitrogen and oxygen atoms in total. The Labute approximate surface area is 146 Å². The van der Waals surface area contributed by atoms with E-state index in [1.165, 1.54) is 5.56 Å². The summed E-state index contributed by atoms with van der Waals surface area (Å²) in [5, 5.41) is 6.39. The molecule has 1 atom stereocenters. The van der Waals surface area contributed by atoms with Gasteiger partial charge >= 0.3 is 0 Å². The third-order valence-electron chi connectivity index (χ3n) is 3.82. The van der Waals surface area contributed by atoms with Crippen molar-refractivity contribution in [1.29, 1.82) is 0 Å². The highest BCUT2D eigenvalue weighted by molar-refractivity contribution is 7.14. The SMILES string of the molecule is COc1ccc(-c2csc(N[C@H](C)c3ccccc3)n2)cc1OC. The van der Waals surface area contributed by atoms with Crippen molar-refractivity contribution in [2.24, 2.45) is 0 Å². The summed E-state index contributed by atoms with van der Waals surface area (Å²) in [5.41, 5.74) is 3.16. The van der Waals surface area contributed by atoms with Gasteiger partial charge in [-0.25, -0.2) is 4.98 Å². The molecule has 0 amide bonds. The molecule has 0 radical (unpaired) electrons. The van der Waals surface area contributed by atoms with E-state index in [0.717, 1.165) is 16.4 Å². The van der Waals surface area contributed by atoms with Crippen LogP contribution in [-0.4, -0.2) is 19.2 Å². The average molecular weight is 340 g/mol. The molecule has 1 N–H and O–H groups in total. The van der Waals surface area contributed by atoms with E-state index in [-0.39, 0.29) is 6.04 Å². The third kappa shape index (κ3) is 3.51. The molecule has 0 spiro atoms. The summed E-state index contributed by atoms with van der Waals surface area (Å²) in [6.07, 6.45) is 0. The second-order valence-corrected chi connectivity index (χ2v) is 6.24. The zero-order chi connectivity index (χ0) is 16.9. The molecule has 0 aliphatic rings. The van der Waals surface area contributed by atoms with Crippen LogP contribution in [0.2, 0.25) is 0 Å². The van der Waals surface area contributed by atoms with Gasteiger partial charge in [0.1, 0.15) is 0 Å². The molecule has 1 aromatic heterocycles. The number of anilines is 1. The molecule has 0 aliphatic carbocycles. The van der Waals surface area contributed by atoms with Gasteiger partial charge in [0.15, 0.2) is 16.6 Å². The first-order chi connectivity index (χ1) is 11.7. The standard InChI is InChI=1S/C19H20N2O2S/c1-13(14-7-5-4-6-8-14)20-19-21-16(12-24-19)15-9-10-17(22-2)18(11-15)23-3/h4-13H,1-3H3,(H,20,21)/t13-/m1/s1. The minimum absolute atomic E-state index is 0.204. The van der Waals surface area contributed by atoms with E-state index in [2.05, 4.69) is 29.4 Å². The van der Waals surface area contributed by atoms with Gasteiger partial charge in [0.05, 0.1) is 26.0 Å². The number of nitrogens with zero attached hydrogens (tertiary/aromatic N) is 1. The molecule has 3 aromatic rings. The maximum atomic E-state index is 5.36. The molecule has 0 saturated heterocycles. The summed E-state index contributed by atoms with van der Waals surface area (Å²) in [5.74, 6) is 1.42. The average Bonchev–Trinajstić information content (AvgIpc) is 3.10. The minimum atomic E-state index is 0.204. The van der Waals surface area contributed by atoms with E-state index in [0.29, 0.717) is 11.5 Å². The lowest BCUT2D eigenvalue weighted by atomic mass is 10.1. The quantitative estimate of drug-likeness (QED) is 0.686. The second-order valence-electron chi connectivity index (χ2n) is 5.38. The molecule has 0 bridgehead atoms. The van der Waals surface area contributed by atoms with Gasteiger partial charge in [0.25, 0.3) is 0 Å². The summed E-state index contributed by atoms with van der Waals surface area (Å²) in [6, 6.07) is 16.4. The number of ether oxygens (including phenoxy) is 2. The van der Waals surface area contributed by atoms with E-state index in [9.17, 15) is 0 Å². The van der Waals surface area contributed by atoms with Crippen molar-refractivity contribution < 1.29 is 9.47 Å². The number of hydrogen-bond acceptors (Lipinski definition) is 5. The molecule has 0 saturated carbocycles. The van der Waals surface area contributed by atoms with Crippen molar-refractivity contribution >= 4 is 16.5 Å². The third-order valence-corrected chi connectivity index (χ3v) is 4.60. The minimum Gasteiger partial charge on any atom is -0.493 e. The van der Waals surface area contributed by atoms with Crippen LogP contribution in [0, 0.1) is 0 Å². The van der Waals surface area contributed by atoms with Crippen LogP contribution < -0.4 is 14.8 Å². The predicted octanol–water partition coefficient (Wildman–Crippen LogP) is 5.00.